The summed E-state index contributed by atoms with van der Waals surface area (Å²) in [6.07, 6.45) is 0. The molecule has 6 rings (SSSR count). The lowest BCUT2D eigenvalue weighted by Crippen LogP contribution is -2.04. The SMILES string of the molecule is CC(C)n1nnc(-c2ccccc2C#Cc2ccccc2)n1.CC(C)n1nnc(-c2ccccc2C#Cc2ccccc2)n1. The zero-order valence-corrected chi connectivity index (χ0v) is 25.1. The Labute approximate surface area is 257 Å². The minimum Gasteiger partial charge on any atom is -0.161 e. The highest BCUT2D eigenvalue weighted by Gasteiger charge is 2.12. The number of nitrogens with zero attached hydrogens (tertiary/aromatic N) is 8. The molecule has 6 aromatic rings. The molecule has 0 unspecified atom stereocenters. The second kappa shape index (κ2) is 14.4. The van der Waals surface area contributed by atoms with E-state index in [0.717, 1.165) is 33.4 Å². The molecule has 0 spiro atoms. The normalized spacial score (nSPS) is 10.3. The van der Waals surface area contributed by atoms with Gasteiger partial charge in [0.2, 0.25) is 11.6 Å². The zero-order chi connectivity index (χ0) is 30.7. The van der Waals surface area contributed by atoms with Crippen LogP contribution in [0.5, 0.6) is 0 Å². The van der Waals surface area contributed by atoms with E-state index in [4.69, 9.17) is 0 Å². The van der Waals surface area contributed by atoms with Crippen LogP contribution in [-0.4, -0.2) is 40.4 Å². The van der Waals surface area contributed by atoms with Gasteiger partial charge in [0.25, 0.3) is 0 Å². The van der Waals surface area contributed by atoms with Gasteiger partial charge in [0.05, 0.1) is 12.1 Å². The molecule has 2 heterocycles. The van der Waals surface area contributed by atoms with E-state index in [-0.39, 0.29) is 12.1 Å². The van der Waals surface area contributed by atoms with Gasteiger partial charge in [-0.3, -0.25) is 0 Å². The lowest BCUT2D eigenvalue weighted by Gasteiger charge is -2.00. The summed E-state index contributed by atoms with van der Waals surface area (Å²) in [6, 6.07) is 35.9. The fourth-order valence-electron chi connectivity index (χ4n) is 4.00. The van der Waals surface area contributed by atoms with Crippen LogP contribution in [-0.2, 0) is 0 Å². The van der Waals surface area contributed by atoms with Crippen LogP contribution in [0.2, 0.25) is 0 Å². The fourth-order valence-corrected chi connectivity index (χ4v) is 4.00. The number of tetrazole rings is 2. The third-order valence-corrected chi connectivity index (χ3v) is 6.35. The lowest BCUT2D eigenvalue weighted by molar-refractivity contribution is 0.455. The summed E-state index contributed by atoms with van der Waals surface area (Å²) < 4.78 is 0. The van der Waals surface area contributed by atoms with Gasteiger partial charge in [0, 0.05) is 33.4 Å². The maximum absolute atomic E-state index is 4.42. The van der Waals surface area contributed by atoms with Crippen molar-refractivity contribution in [3.63, 3.8) is 0 Å². The van der Waals surface area contributed by atoms with Crippen LogP contribution >= 0.6 is 0 Å². The Morgan fingerprint density at radius 3 is 1.18 bits per heavy atom. The quantitative estimate of drug-likeness (QED) is 0.219. The number of rotatable bonds is 4. The van der Waals surface area contributed by atoms with Gasteiger partial charge in [-0.15, -0.1) is 20.4 Å². The Bertz CT molecular complexity index is 1790. The van der Waals surface area contributed by atoms with Crippen molar-refractivity contribution in [2.45, 2.75) is 39.8 Å². The van der Waals surface area contributed by atoms with Crippen molar-refractivity contribution >= 4 is 0 Å². The molecule has 0 atom stereocenters. The van der Waals surface area contributed by atoms with Gasteiger partial charge in [-0.1, -0.05) is 84.3 Å². The van der Waals surface area contributed by atoms with E-state index in [9.17, 15) is 0 Å². The van der Waals surface area contributed by atoms with Gasteiger partial charge in [-0.05, 0) is 86.7 Å². The Morgan fingerprint density at radius 2 is 0.818 bits per heavy atom. The van der Waals surface area contributed by atoms with Crippen molar-refractivity contribution in [1.29, 1.82) is 0 Å². The van der Waals surface area contributed by atoms with Crippen LogP contribution < -0.4 is 0 Å². The summed E-state index contributed by atoms with van der Waals surface area (Å²) in [5.74, 6) is 13.9. The summed E-state index contributed by atoms with van der Waals surface area (Å²) in [7, 11) is 0. The third kappa shape index (κ3) is 7.70. The van der Waals surface area contributed by atoms with Gasteiger partial charge in [-0.25, -0.2) is 0 Å². The maximum Gasteiger partial charge on any atom is 0.206 e. The minimum atomic E-state index is 0.184. The van der Waals surface area contributed by atoms with Gasteiger partial charge >= 0.3 is 0 Å². The molecule has 2 aromatic heterocycles. The first kappa shape index (κ1) is 29.6. The van der Waals surface area contributed by atoms with Crippen LogP contribution in [0, 0.1) is 23.7 Å². The first-order chi connectivity index (χ1) is 21.5. The Morgan fingerprint density at radius 1 is 0.455 bits per heavy atom. The van der Waals surface area contributed by atoms with Crippen LogP contribution in [0.4, 0.5) is 0 Å². The minimum absolute atomic E-state index is 0.184. The second-order valence-corrected chi connectivity index (χ2v) is 10.4. The van der Waals surface area contributed by atoms with Gasteiger partial charge in [0.1, 0.15) is 0 Å². The van der Waals surface area contributed by atoms with E-state index in [1.54, 1.807) is 9.59 Å². The van der Waals surface area contributed by atoms with Crippen molar-refractivity contribution in [3.05, 3.63) is 131 Å². The highest BCUT2D eigenvalue weighted by Crippen LogP contribution is 2.20. The molecule has 0 saturated heterocycles. The molecule has 0 bridgehead atoms. The van der Waals surface area contributed by atoms with Crippen LogP contribution in [0.25, 0.3) is 22.8 Å². The molecule has 8 nitrogen and oxygen atoms in total. The molecular weight excluding hydrogens is 544 g/mol. The Balaban J connectivity index is 0.000000175. The maximum atomic E-state index is 4.42. The predicted octanol–water partition coefficient (Wildman–Crippen LogP) is 6.64. The molecule has 0 aliphatic carbocycles. The molecule has 4 aromatic carbocycles. The zero-order valence-electron chi connectivity index (χ0n) is 25.1. The average Bonchev–Trinajstić information content (AvgIpc) is 3.76. The first-order valence-corrected chi connectivity index (χ1v) is 14.4. The molecule has 8 heteroatoms. The molecule has 0 aliphatic heterocycles. The van der Waals surface area contributed by atoms with E-state index in [1.165, 1.54) is 0 Å². The molecule has 0 radical (unpaired) electrons. The van der Waals surface area contributed by atoms with E-state index in [1.807, 2.05) is 137 Å². The average molecular weight is 577 g/mol. The number of hydrogen-bond acceptors (Lipinski definition) is 6. The summed E-state index contributed by atoms with van der Waals surface area (Å²) >= 11 is 0. The monoisotopic (exact) mass is 576 g/mol. The molecular formula is C36H32N8. The summed E-state index contributed by atoms with van der Waals surface area (Å²) in [5, 5.41) is 25.3. The van der Waals surface area contributed by atoms with Crippen LogP contribution in [0.1, 0.15) is 62.0 Å². The number of hydrogen-bond donors (Lipinski definition) is 0. The van der Waals surface area contributed by atoms with Crippen LogP contribution in [0.15, 0.2) is 109 Å². The summed E-state index contributed by atoms with van der Waals surface area (Å²) in [4.78, 5) is 3.22. The van der Waals surface area contributed by atoms with E-state index in [2.05, 4.69) is 54.5 Å². The van der Waals surface area contributed by atoms with Crippen molar-refractivity contribution in [2.24, 2.45) is 0 Å². The summed E-state index contributed by atoms with van der Waals surface area (Å²) in [6.45, 7) is 8.08. The molecule has 0 amide bonds. The number of aromatic nitrogens is 8. The van der Waals surface area contributed by atoms with E-state index >= 15 is 0 Å². The highest BCUT2D eigenvalue weighted by molar-refractivity contribution is 5.66. The van der Waals surface area contributed by atoms with Gasteiger partial charge < -0.3 is 0 Å². The fraction of sp³-hybridized carbons (Fsp3) is 0.167. The lowest BCUT2D eigenvalue weighted by atomic mass is 10.1. The third-order valence-electron chi connectivity index (χ3n) is 6.35. The van der Waals surface area contributed by atoms with Gasteiger partial charge in [0.15, 0.2) is 0 Å². The highest BCUT2D eigenvalue weighted by atomic mass is 15.6. The first-order valence-electron chi connectivity index (χ1n) is 14.4. The molecule has 0 fully saturated rings. The Kier molecular flexibility index (Phi) is 9.66. The smallest absolute Gasteiger partial charge is 0.161 e. The van der Waals surface area contributed by atoms with Crippen molar-refractivity contribution < 1.29 is 0 Å². The molecule has 216 valence electrons. The van der Waals surface area contributed by atoms with Crippen molar-refractivity contribution in [2.75, 3.05) is 0 Å². The summed E-state index contributed by atoms with van der Waals surface area (Å²) in [5.41, 5.74) is 5.56. The van der Waals surface area contributed by atoms with Gasteiger partial charge in [-0.2, -0.15) is 9.59 Å². The van der Waals surface area contributed by atoms with Crippen molar-refractivity contribution in [3.8, 4) is 46.5 Å². The van der Waals surface area contributed by atoms with E-state index < -0.39 is 0 Å². The predicted molar refractivity (Wildman–Crippen MR) is 172 cm³/mol. The van der Waals surface area contributed by atoms with E-state index in [0.29, 0.717) is 11.6 Å². The standard InChI is InChI=1S/2C18H16N4/c2*1-14(2)22-20-18(19-21-22)17-11-7-6-10-16(17)13-12-15-8-4-3-5-9-15/h2*3-11,14H,1-2H3. The number of benzene rings is 4. The second-order valence-electron chi connectivity index (χ2n) is 10.4. The molecule has 0 saturated carbocycles. The molecule has 0 aliphatic rings. The topological polar surface area (TPSA) is 87.2 Å². The largest absolute Gasteiger partial charge is 0.206 e. The van der Waals surface area contributed by atoms with Crippen LogP contribution in [0.3, 0.4) is 0 Å². The molecule has 0 N–H and O–H groups in total. The molecule has 44 heavy (non-hydrogen) atoms. The van der Waals surface area contributed by atoms with Crippen molar-refractivity contribution in [1.82, 2.24) is 40.4 Å². The Hall–Kier alpha value is -5.86.